The smallest absolute Gasteiger partial charge is 0.313 e. The number of halogens is 1. The van der Waals surface area contributed by atoms with Crippen molar-refractivity contribution in [2.75, 3.05) is 11.9 Å². The average Bonchev–Trinajstić information content (AvgIpc) is 2.72. The molecular weight excluding hydrogens is 304 g/mol. The predicted molar refractivity (Wildman–Crippen MR) is 85.7 cm³/mol. The highest BCUT2D eigenvalue weighted by Gasteiger charge is 2.29. The minimum Gasteiger partial charge on any atom is -0.388 e. The maximum atomic E-state index is 11.9. The van der Waals surface area contributed by atoms with Crippen molar-refractivity contribution in [3.05, 3.63) is 29.3 Å². The van der Waals surface area contributed by atoms with Crippen LogP contribution in [0.3, 0.4) is 0 Å². The summed E-state index contributed by atoms with van der Waals surface area (Å²) in [5.74, 6) is -1.55. The van der Waals surface area contributed by atoms with Crippen molar-refractivity contribution in [3.8, 4) is 0 Å². The van der Waals surface area contributed by atoms with Crippen molar-refractivity contribution < 1.29 is 14.7 Å². The summed E-state index contributed by atoms with van der Waals surface area (Å²) in [6, 6.07) is 6.70. The molecule has 1 aromatic rings. The molecular formula is C16H21ClN2O3. The van der Waals surface area contributed by atoms with E-state index in [0.717, 1.165) is 25.7 Å². The molecule has 2 amide bonds. The van der Waals surface area contributed by atoms with Gasteiger partial charge in [-0.05, 0) is 25.0 Å². The fourth-order valence-electron chi connectivity index (χ4n) is 2.63. The summed E-state index contributed by atoms with van der Waals surface area (Å²) in [7, 11) is 0. The molecule has 5 nitrogen and oxygen atoms in total. The van der Waals surface area contributed by atoms with Crippen LogP contribution < -0.4 is 10.6 Å². The third-order valence-electron chi connectivity index (χ3n) is 3.94. The lowest BCUT2D eigenvalue weighted by Crippen LogP contribution is -2.46. The van der Waals surface area contributed by atoms with Gasteiger partial charge in [0.25, 0.3) is 0 Å². The molecule has 0 atom stereocenters. The van der Waals surface area contributed by atoms with E-state index < -0.39 is 17.4 Å². The van der Waals surface area contributed by atoms with Crippen LogP contribution in [-0.4, -0.2) is 29.1 Å². The molecule has 1 saturated carbocycles. The van der Waals surface area contributed by atoms with Crippen LogP contribution >= 0.6 is 11.6 Å². The fraction of sp³-hybridized carbons (Fsp3) is 0.500. The van der Waals surface area contributed by atoms with E-state index in [-0.39, 0.29) is 6.54 Å². The van der Waals surface area contributed by atoms with Gasteiger partial charge in [0, 0.05) is 6.54 Å². The van der Waals surface area contributed by atoms with Crippen molar-refractivity contribution in [1.29, 1.82) is 0 Å². The molecule has 0 spiro atoms. The van der Waals surface area contributed by atoms with Gasteiger partial charge in [0.2, 0.25) is 0 Å². The molecule has 0 unspecified atom stereocenters. The molecule has 1 aromatic carbocycles. The molecule has 6 heteroatoms. The summed E-state index contributed by atoms with van der Waals surface area (Å²) < 4.78 is 0. The number of benzene rings is 1. The van der Waals surface area contributed by atoms with E-state index in [1.54, 1.807) is 24.3 Å². The Morgan fingerprint density at radius 2 is 1.73 bits per heavy atom. The van der Waals surface area contributed by atoms with Crippen LogP contribution in [0.15, 0.2) is 24.3 Å². The molecule has 0 aromatic heterocycles. The number of anilines is 1. The molecule has 2 rings (SSSR count). The highest BCUT2D eigenvalue weighted by Crippen LogP contribution is 2.26. The Kier molecular flexibility index (Phi) is 5.80. The van der Waals surface area contributed by atoms with Crippen molar-refractivity contribution in [3.63, 3.8) is 0 Å². The van der Waals surface area contributed by atoms with E-state index in [1.165, 1.54) is 0 Å². The maximum Gasteiger partial charge on any atom is 0.313 e. The SMILES string of the molecule is O=C(NCC1(O)CCCCCC1)C(=O)Nc1ccccc1Cl. The lowest BCUT2D eigenvalue weighted by Gasteiger charge is -2.26. The first-order valence-electron chi connectivity index (χ1n) is 7.56. The number of hydrogen-bond donors (Lipinski definition) is 3. The number of para-hydroxylation sites is 1. The number of amides is 2. The van der Waals surface area contributed by atoms with Gasteiger partial charge in [-0.25, -0.2) is 0 Å². The van der Waals surface area contributed by atoms with Crippen LogP contribution in [0.1, 0.15) is 38.5 Å². The summed E-state index contributed by atoms with van der Waals surface area (Å²) in [4.78, 5) is 23.7. The Hall–Kier alpha value is -1.59. The van der Waals surface area contributed by atoms with Gasteiger partial charge >= 0.3 is 11.8 Å². The number of carbonyl (C=O) groups is 2. The molecule has 1 aliphatic rings. The van der Waals surface area contributed by atoms with Crippen LogP contribution in [0.5, 0.6) is 0 Å². The molecule has 0 heterocycles. The van der Waals surface area contributed by atoms with E-state index in [0.29, 0.717) is 23.6 Å². The molecule has 1 fully saturated rings. The molecule has 3 N–H and O–H groups in total. The quantitative estimate of drug-likeness (QED) is 0.590. The fourth-order valence-corrected chi connectivity index (χ4v) is 2.81. The number of aliphatic hydroxyl groups is 1. The van der Waals surface area contributed by atoms with E-state index in [2.05, 4.69) is 10.6 Å². The van der Waals surface area contributed by atoms with Gasteiger partial charge in [0.15, 0.2) is 0 Å². The van der Waals surface area contributed by atoms with Gasteiger partial charge in [-0.2, -0.15) is 0 Å². The highest BCUT2D eigenvalue weighted by atomic mass is 35.5. The normalized spacial score (nSPS) is 17.4. The molecule has 0 bridgehead atoms. The van der Waals surface area contributed by atoms with Gasteiger partial charge in [0.05, 0.1) is 16.3 Å². The number of nitrogens with one attached hydrogen (secondary N) is 2. The maximum absolute atomic E-state index is 11.9. The zero-order chi connectivity index (χ0) is 16.0. The van der Waals surface area contributed by atoms with Gasteiger partial charge < -0.3 is 15.7 Å². The summed E-state index contributed by atoms with van der Waals surface area (Å²) >= 11 is 5.93. The first kappa shape index (κ1) is 16.8. The molecule has 22 heavy (non-hydrogen) atoms. The first-order chi connectivity index (χ1) is 10.5. The molecule has 1 aliphatic carbocycles. The molecule has 0 saturated heterocycles. The van der Waals surface area contributed by atoms with Gasteiger partial charge in [-0.1, -0.05) is 49.4 Å². The zero-order valence-electron chi connectivity index (χ0n) is 12.4. The standard InChI is InChI=1S/C16H21ClN2O3/c17-12-7-3-4-8-13(12)19-15(21)14(20)18-11-16(22)9-5-1-2-6-10-16/h3-4,7-8,22H,1-2,5-6,9-11H2,(H,18,20)(H,19,21). The highest BCUT2D eigenvalue weighted by molar-refractivity contribution is 6.41. The number of rotatable bonds is 3. The van der Waals surface area contributed by atoms with Gasteiger partial charge in [-0.3, -0.25) is 9.59 Å². The summed E-state index contributed by atoms with van der Waals surface area (Å²) in [5, 5.41) is 15.8. The first-order valence-corrected chi connectivity index (χ1v) is 7.94. The lowest BCUT2D eigenvalue weighted by atomic mass is 9.94. The summed E-state index contributed by atoms with van der Waals surface area (Å²) in [5.41, 5.74) is -0.519. The third kappa shape index (κ3) is 4.71. The minimum atomic E-state index is -0.906. The van der Waals surface area contributed by atoms with Crippen molar-refractivity contribution in [2.45, 2.75) is 44.1 Å². The van der Waals surface area contributed by atoms with Gasteiger partial charge in [-0.15, -0.1) is 0 Å². The average molecular weight is 325 g/mol. The van der Waals surface area contributed by atoms with Crippen LogP contribution in [-0.2, 0) is 9.59 Å². The van der Waals surface area contributed by atoms with Crippen molar-refractivity contribution >= 4 is 29.1 Å². The minimum absolute atomic E-state index is 0.0990. The monoisotopic (exact) mass is 324 g/mol. The third-order valence-corrected chi connectivity index (χ3v) is 4.27. The summed E-state index contributed by atoms with van der Waals surface area (Å²) in [6.07, 6.45) is 5.39. The Balaban J connectivity index is 1.86. The van der Waals surface area contributed by atoms with E-state index in [9.17, 15) is 14.7 Å². The Labute approximate surface area is 135 Å². The Morgan fingerprint density at radius 1 is 1.09 bits per heavy atom. The van der Waals surface area contributed by atoms with Crippen LogP contribution in [0.25, 0.3) is 0 Å². The second kappa shape index (κ2) is 7.61. The van der Waals surface area contributed by atoms with Crippen molar-refractivity contribution in [1.82, 2.24) is 5.32 Å². The molecule has 0 radical (unpaired) electrons. The number of hydrogen-bond acceptors (Lipinski definition) is 3. The Morgan fingerprint density at radius 3 is 2.36 bits per heavy atom. The largest absolute Gasteiger partial charge is 0.388 e. The Bertz CT molecular complexity index is 540. The molecule has 0 aliphatic heterocycles. The molecule has 120 valence electrons. The topological polar surface area (TPSA) is 78.4 Å². The van der Waals surface area contributed by atoms with E-state index in [4.69, 9.17) is 11.6 Å². The predicted octanol–water partition coefficient (Wildman–Crippen LogP) is 2.48. The van der Waals surface area contributed by atoms with Crippen molar-refractivity contribution in [2.24, 2.45) is 0 Å². The van der Waals surface area contributed by atoms with Gasteiger partial charge in [0.1, 0.15) is 0 Å². The van der Waals surface area contributed by atoms with Crippen LogP contribution in [0.2, 0.25) is 5.02 Å². The van der Waals surface area contributed by atoms with E-state index in [1.807, 2.05) is 0 Å². The second-order valence-electron chi connectivity index (χ2n) is 5.76. The van der Waals surface area contributed by atoms with Crippen LogP contribution in [0, 0.1) is 0 Å². The zero-order valence-corrected chi connectivity index (χ0v) is 13.2. The second-order valence-corrected chi connectivity index (χ2v) is 6.16. The van der Waals surface area contributed by atoms with Crippen LogP contribution in [0.4, 0.5) is 5.69 Å². The van der Waals surface area contributed by atoms with E-state index >= 15 is 0 Å². The summed E-state index contributed by atoms with van der Waals surface area (Å²) in [6.45, 7) is 0.0990. The lowest BCUT2D eigenvalue weighted by molar-refractivity contribution is -0.136. The number of carbonyl (C=O) groups excluding carboxylic acids is 2.